The molecule has 0 saturated carbocycles. The largest absolute Gasteiger partial charge is 0.497 e. The highest BCUT2D eigenvalue weighted by atomic mass is 16.5. The van der Waals surface area contributed by atoms with Crippen LogP contribution in [-0.2, 0) is 4.74 Å². The molecule has 1 aromatic rings. The average Bonchev–Trinajstić information content (AvgIpc) is 2.74. The quantitative estimate of drug-likeness (QED) is 0.780. The van der Waals surface area contributed by atoms with Crippen LogP contribution < -0.4 is 9.47 Å². The van der Waals surface area contributed by atoms with Gasteiger partial charge in [-0.1, -0.05) is 0 Å². The Morgan fingerprint density at radius 3 is 2.69 bits per heavy atom. The van der Waals surface area contributed by atoms with Crippen LogP contribution in [0.2, 0.25) is 0 Å². The Bertz CT molecular complexity index is 367. The third-order valence-electron chi connectivity index (χ3n) is 2.82. The van der Waals surface area contributed by atoms with Gasteiger partial charge in [-0.25, -0.2) is 0 Å². The van der Waals surface area contributed by atoms with E-state index in [0.29, 0.717) is 0 Å². The van der Waals surface area contributed by atoms with Crippen molar-refractivity contribution in [1.82, 2.24) is 4.90 Å². The highest BCUT2D eigenvalue weighted by Gasteiger charge is 2.26. The van der Waals surface area contributed by atoms with E-state index in [2.05, 4.69) is 4.90 Å². The normalized spacial score (nSPS) is 21.1. The van der Waals surface area contributed by atoms with Crippen LogP contribution >= 0.6 is 0 Å². The Balaban J connectivity index is 2.36. The molecule has 2 rings (SSSR count). The molecule has 1 aliphatic heterocycles. The van der Waals surface area contributed by atoms with Gasteiger partial charge in [0, 0.05) is 12.1 Å². The molecule has 4 heteroatoms. The van der Waals surface area contributed by atoms with Gasteiger partial charge < -0.3 is 14.2 Å². The summed E-state index contributed by atoms with van der Waals surface area (Å²) in [4.78, 5) is 2.15. The molecular weight excluding hydrogens is 206 g/mol. The van der Waals surface area contributed by atoms with Gasteiger partial charge in [-0.05, 0) is 25.2 Å². The summed E-state index contributed by atoms with van der Waals surface area (Å²) in [5, 5.41) is 0. The fraction of sp³-hybridized carbons (Fsp3) is 0.500. The lowest BCUT2D eigenvalue weighted by atomic mass is 10.1. The first-order valence-corrected chi connectivity index (χ1v) is 5.30. The number of hydrogen-bond donors (Lipinski definition) is 0. The summed E-state index contributed by atoms with van der Waals surface area (Å²) in [5.41, 5.74) is 1.02. The van der Waals surface area contributed by atoms with Crippen molar-refractivity contribution >= 4 is 0 Å². The molecule has 1 heterocycles. The van der Waals surface area contributed by atoms with E-state index in [0.717, 1.165) is 30.2 Å². The Hall–Kier alpha value is -1.26. The molecule has 4 nitrogen and oxygen atoms in total. The number of nitrogens with zero attached hydrogens (tertiary/aromatic N) is 1. The zero-order valence-electron chi connectivity index (χ0n) is 9.90. The minimum Gasteiger partial charge on any atom is -0.497 e. The first-order chi connectivity index (χ1) is 7.76. The second kappa shape index (κ2) is 4.72. The topological polar surface area (TPSA) is 30.9 Å². The maximum atomic E-state index is 5.68. The smallest absolute Gasteiger partial charge is 0.140 e. The van der Waals surface area contributed by atoms with Crippen molar-refractivity contribution in [2.45, 2.75) is 6.23 Å². The SMILES string of the molecule is COc1ccc(OC)c(C2OCCN2C)c1. The lowest BCUT2D eigenvalue weighted by molar-refractivity contribution is 0.0432. The molecule has 1 fully saturated rings. The van der Waals surface area contributed by atoms with Crippen molar-refractivity contribution < 1.29 is 14.2 Å². The zero-order valence-corrected chi connectivity index (χ0v) is 9.90. The van der Waals surface area contributed by atoms with Crippen LogP contribution in [0.15, 0.2) is 18.2 Å². The molecular formula is C12H17NO3. The molecule has 1 aliphatic rings. The van der Waals surface area contributed by atoms with Gasteiger partial charge in [0.1, 0.15) is 17.7 Å². The van der Waals surface area contributed by atoms with E-state index < -0.39 is 0 Å². The second-order valence-electron chi connectivity index (χ2n) is 3.81. The van der Waals surface area contributed by atoms with Crippen LogP contribution in [0.25, 0.3) is 0 Å². The summed E-state index contributed by atoms with van der Waals surface area (Å²) in [6, 6.07) is 5.76. The molecule has 0 bridgehead atoms. The van der Waals surface area contributed by atoms with Gasteiger partial charge in [-0.3, -0.25) is 4.90 Å². The van der Waals surface area contributed by atoms with Crippen molar-refractivity contribution in [3.05, 3.63) is 23.8 Å². The van der Waals surface area contributed by atoms with Gasteiger partial charge in [0.2, 0.25) is 0 Å². The van der Waals surface area contributed by atoms with Gasteiger partial charge in [-0.2, -0.15) is 0 Å². The molecule has 0 radical (unpaired) electrons. The summed E-state index contributed by atoms with van der Waals surface area (Å²) < 4.78 is 16.2. The monoisotopic (exact) mass is 223 g/mol. The first-order valence-electron chi connectivity index (χ1n) is 5.30. The van der Waals surface area contributed by atoms with E-state index in [-0.39, 0.29) is 6.23 Å². The summed E-state index contributed by atoms with van der Waals surface area (Å²) in [6.45, 7) is 1.69. The molecule has 1 saturated heterocycles. The van der Waals surface area contributed by atoms with Gasteiger partial charge in [0.25, 0.3) is 0 Å². The predicted octanol–water partition coefficient (Wildman–Crippen LogP) is 1.66. The van der Waals surface area contributed by atoms with Crippen LogP contribution in [0, 0.1) is 0 Å². The van der Waals surface area contributed by atoms with Crippen molar-refractivity contribution in [3.63, 3.8) is 0 Å². The maximum absolute atomic E-state index is 5.68. The van der Waals surface area contributed by atoms with E-state index >= 15 is 0 Å². The second-order valence-corrected chi connectivity index (χ2v) is 3.81. The highest BCUT2D eigenvalue weighted by Crippen LogP contribution is 2.34. The summed E-state index contributed by atoms with van der Waals surface area (Å²) in [6.07, 6.45) is -0.0370. The van der Waals surface area contributed by atoms with E-state index in [1.807, 2.05) is 25.2 Å². The van der Waals surface area contributed by atoms with Gasteiger partial charge >= 0.3 is 0 Å². The molecule has 0 amide bonds. The van der Waals surface area contributed by atoms with Crippen molar-refractivity contribution in [2.75, 3.05) is 34.4 Å². The lowest BCUT2D eigenvalue weighted by Crippen LogP contribution is -2.19. The Morgan fingerprint density at radius 2 is 2.12 bits per heavy atom. The third-order valence-corrected chi connectivity index (χ3v) is 2.82. The first kappa shape index (κ1) is 11.2. The van der Waals surface area contributed by atoms with Crippen molar-refractivity contribution in [3.8, 4) is 11.5 Å². The zero-order chi connectivity index (χ0) is 11.5. The molecule has 16 heavy (non-hydrogen) atoms. The average molecular weight is 223 g/mol. The molecule has 0 spiro atoms. The lowest BCUT2D eigenvalue weighted by Gasteiger charge is -2.21. The molecule has 0 aromatic heterocycles. The van der Waals surface area contributed by atoms with Crippen LogP contribution in [0.5, 0.6) is 11.5 Å². The van der Waals surface area contributed by atoms with Gasteiger partial charge in [0.15, 0.2) is 0 Å². The van der Waals surface area contributed by atoms with Gasteiger partial charge in [-0.15, -0.1) is 0 Å². The van der Waals surface area contributed by atoms with Crippen molar-refractivity contribution in [2.24, 2.45) is 0 Å². The molecule has 0 N–H and O–H groups in total. The third kappa shape index (κ3) is 1.99. The fourth-order valence-electron chi connectivity index (χ4n) is 1.91. The fourth-order valence-corrected chi connectivity index (χ4v) is 1.91. The van der Waals surface area contributed by atoms with E-state index in [9.17, 15) is 0 Å². The summed E-state index contributed by atoms with van der Waals surface area (Å²) in [7, 11) is 5.36. The number of benzene rings is 1. The number of methoxy groups -OCH3 is 2. The standard InChI is InChI=1S/C12H17NO3/c1-13-6-7-16-12(13)10-8-9(14-2)4-5-11(10)15-3/h4-5,8,12H,6-7H2,1-3H3. The summed E-state index contributed by atoms with van der Waals surface area (Å²) >= 11 is 0. The van der Waals surface area contributed by atoms with E-state index in [1.165, 1.54) is 0 Å². The van der Waals surface area contributed by atoms with Crippen LogP contribution in [-0.4, -0.2) is 39.3 Å². The Kier molecular flexibility index (Phi) is 3.31. The van der Waals surface area contributed by atoms with Crippen molar-refractivity contribution in [1.29, 1.82) is 0 Å². The number of likely N-dealkylation sites (N-methyl/N-ethyl adjacent to an activating group) is 1. The molecule has 88 valence electrons. The molecule has 1 atom stereocenters. The molecule has 1 unspecified atom stereocenters. The minimum atomic E-state index is -0.0370. The minimum absolute atomic E-state index is 0.0370. The molecule has 0 aliphatic carbocycles. The predicted molar refractivity (Wildman–Crippen MR) is 60.9 cm³/mol. The van der Waals surface area contributed by atoms with Crippen LogP contribution in [0.3, 0.4) is 0 Å². The van der Waals surface area contributed by atoms with E-state index in [1.54, 1.807) is 14.2 Å². The summed E-state index contributed by atoms with van der Waals surface area (Å²) in [5.74, 6) is 1.65. The molecule has 1 aromatic carbocycles. The number of hydrogen-bond acceptors (Lipinski definition) is 4. The Morgan fingerprint density at radius 1 is 1.31 bits per heavy atom. The number of rotatable bonds is 3. The van der Waals surface area contributed by atoms with Crippen LogP contribution in [0.1, 0.15) is 11.8 Å². The highest BCUT2D eigenvalue weighted by molar-refractivity contribution is 5.41. The number of ether oxygens (including phenoxy) is 3. The van der Waals surface area contributed by atoms with E-state index in [4.69, 9.17) is 14.2 Å². The van der Waals surface area contributed by atoms with Gasteiger partial charge in [0.05, 0.1) is 20.8 Å². The Labute approximate surface area is 95.7 Å². The maximum Gasteiger partial charge on any atom is 0.140 e. The van der Waals surface area contributed by atoms with Crippen LogP contribution in [0.4, 0.5) is 0 Å².